The molecule has 2 aromatic heterocycles. The van der Waals surface area contributed by atoms with Gasteiger partial charge >= 0.3 is 0 Å². The van der Waals surface area contributed by atoms with Crippen LogP contribution in [0.3, 0.4) is 0 Å². The first-order chi connectivity index (χ1) is 10.6. The van der Waals surface area contributed by atoms with Gasteiger partial charge in [0.2, 0.25) is 0 Å². The van der Waals surface area contributed by atoms with E-state index >= 15 is 0 Å². The van der Waals surface area contributed by atoms with Crippen molar-refractivity contribution in [2.45, 2.75) is 38.0 Å². The highest BCUT2D eigenvalue weighted by molar-refractivity contribution is 6.06. The Hall–Kier alpha value is -2.18. The van der Waals surface area contributed by atoms with Gasteiger partial charge in [0.15, 0.2) is 5.82 Å². The van der Waals surface area contributed by atoms with E-state index in [0.717, 1.165) is 35.7 Å². The topological polar surface area (TPSA) is 97.2 Å². The molecule has 0 spiro atoms. The van der Waals surface area contributed by atoms with Crippen LogP contribution in [0.25, 0.3) is 21.9 Å². The lowest BCUT2D eigenvalue weighted by atomic mass is 9.80. The molecule has 0 atom stereocenters. The zero-order valence-corrected chi connectivity index (χ0v) is 12.2. The Labute approximate surface area is 127 Å². The molecule has 114 valence electrons. The summed E-state index contributed by atoms with van der Waals surface area (Å²) < 4.78 is 1.90. The van der Waals surface area contributed by atoms with E-state index in [4.69, 9.17) is 5.73 Å². The molecule has 22 heavy (non-hydrogen) atoms. The number of aliphatic hydroxyl groups is 2. The van der Waals surface area contributed by atoms with Crippen LogP contribution >= 0.6 is 0 Å². The van der Waals surface area contributed by atoms with Gasteiger partial charge in [-0.3, -0.25) is 0 Å². The second kappa shape index (κ2) is 4.66. The van der Waals surface area contributed by atoms with E-state index in [1.807, 2.05) is 28.8 Å². The summed E-state index contributed by atoms with van der Waals surface area (Å²) >= 11 is 0. The maximum absolute atomic E-state index is 10.5. The fraction of sp³-hybridized carbons (Fsp3) is 0.375. The minimum absolute atomic E-state index is 0.196. The summed E-state index contributed by atoms with van der Waals surface area (Å²) in [6, 6.07) is 7.72. The summed E-state index contributed by atoms with van der Waals surface area (Å²) in [6.45, 7) is 0.228. The number of imidazole rings is 1. The molecule has 6 heteroatoms. The molecule has 3 aromatic rings. The predicted molar refractivity (Wildman–Crippen MR) is 84.2 cm³/mol. The van der Waals surface area contributed by atoms with Gasteiger partial charge in [0.05, 0.1) is 23.2 Å². The van der Waals surface area contributed by atoms with Crippen LogP contribution in [0.15, 0.2) is 24.3 Å². The van der Waals surface area contributed by atoms with Gasteiger partial charge in [-0.2, -0.15) is 0 Å². The number of fused-ring (bicyclic) bond motifs is 3. The number of rotatable bonds is 3. The smallest absolute Gasteiger partial charge is 0.152 e. The number of hydrogen-bond donors (Lipinski definition) is 3. The largest absolute Gasteiger partial charge is 0.388 e. The Morgan fingerprint density at radius 2 is 2.00 bits per heavy atom. The van der Waals surface area contributed by atoms with Gasteiger partial charge in [0, 0.05) is 5.39 Å². The molecule has 2 heterocycles. The van der Waals surface area contributed by atoms with Crippen molar-refractivity contribution in [3.63, 3.8) is 0 Å². The van der Waals surface area contributed by atoms with Crippen molar-refractivity contribution in [1.29, 1.82) is 0 Å². The zero-order valence-electron chi connectivity index (χ0n) is 12.2. The molecule has 1 aliphatic rings. The Morgan fingerprint density at radius 3 is 2.68 bits per heavy atom. The quantitative estimate of drug-likeness (QED) is 0.682. The van der Waals surface area contributed by atoms with Crippen LogP contribution in [0.1, 0.15) is 25.1 Å². The van der Waals surface area contributed by atoms with E-state index < -0.39 is 5.60 Å². The maximum Gasteiger partial charge on any atom is 0.152 e. The highest BCUT2D eigenvalue weighted by Crippen LogP contribution is 2.36. The number of pyridine rings is 1. The minimum Gasteiger partial charge on any atom is -0.388 e. The van der Waals surface area contributed by atoms with Gasteiger partial charge in [0.1, 0.15) is 17.9 Å². The lowest BCUT2D eigenvalue weighted by Crippen LogP contribution is -2.41. The van der Waals surface area contributed by atoms with E-state index in [-0.39, 0.29) is 6.61 Å². The summed E-state index contributed by atoms with van der Waals surface area (Å²) in [4.78, 5) is 8.82. The molecule has 0 unspecified atom stereocenters. The normalized spacial score (nSPS) is 17.0. The number of aromatic nitrogens is 3. The number of nitrogens with zero attached hydrogens (tertiary/aromatic N) is 3. The number of benzene rings is 1. The van der Waals surface area contributed by atoms with Crippen molar-refractivity contribution < 1.29 is 10.2 Å². The van der Waals surface area contributed by atoms with Crippen LogP contribution < -0.4 is 5.73 Å². The molecule has 1 aromatic carbocycles. The van der Waals surface area contributed by atoms with E-state index in [1.54, 1.807) is 0 Å². The second-order valence-corrected chi connectivity index (χ2v) is 6.06. The predicted octanol–water partition coefficient (Wildman–Crippen LogP) is 1.57. The van der Waals surface area contributed by atoms with Crippen molar-refractivity contribution in [3.8, 4) is 0 Å². The van der Waals surface area contributed by atoms with E-state index in [9.17, 15) is 10.2 Å². The molecule has 1 fully saturated rings. The number of nitrogens with two attached hydrogens (primary N) is 1. The molecular formula is C16H18N4O2. The molecule has 0 saturated heterocycles. The molecule has 1 saturated carbocycles. The lowest BCUT2D eigenvalue weighted by molar-refractivity contribution is -0.0474. The third kappa shape index (κ3) is 1.88. The summed E-state index contributed by atoms with van der Waals surface area (Å²) in [5.41, 5.74) is 7.55. The molecule has 0 bridgehead atoms. The minimum atomic E-state index is -0.712. The fourth-order valence-corrected chi connectivity index (χ4v) is 3.23. The fourth-order valence-electron chi connectivity index (χ4n) is 3.23. The van der Waals surface area contributed by atoms with Gasteiger partial charge < -0.3 is 20.5 Å². The van der Waals surface area contributed by atoms with Gasteiger partial charge in [0.25, 0.3) is 0 Å². The average Bonchev–Trinajstić information content (AvgIpc) is 2.85. The van der Waals surface area contributed by atoms with Crippen molar-refractivity contribution in [3.05, 3.63) is 30.1 Å². The lowest BCUT2D eigenvalue weighted by Gasteiger charge is -2.37. The van der Waals surface area contributed by atoms with Gasteiger partial charge in [-0.05, 0) is 25.3 Å². The molecular weight excluding hydrogens is 280 g/mol. The Bertz CT molecular complexity index is 867. The standard InChI is InChI=1S/C16H18N4O2/c17-15-13-14(10-4-1-2-5-11(10)18-15)20(12(8-21)19-13)9-16(22)6-3-7-16/h1-2,4-5,21-22H,3,6-9H2,(H2,17,18). The SMILES string of the molecule is Nc1nc2ccccc2c2c1nc(CO)n2CC1(O)CCC1. The molecule has 4 rings (SSSR count). The van der Waals surface area contributed by atoms with Crippen molar-refractivity contribution in [2.75, 3.05) is 5.73 Å². The van der Waals surface area contributed by atoms with Crippen molar-refractivity contribution in [2.24, 2.45) is 0 Å². The zero-order chi connectivity index (χ0) is 15.3. The average molecular weight is 298 g/mol. The number of para-hydroxylation sites is 1. The highest BCUT2D eigenvalue weighted by atomic mass is 16.3. The van der Waals surface area contributed by atoms with E-state index in [1.165, 1.54) is 0 Å². The Kier molecular flexibility index (Phi) is 2.85. The van der Waals surface area contributed by atoms with Gasteiger partial charge in [-0.1, -0.05) is 18.2 Å². The summed E-state index contributed by atoms with van der Waals surface area (Å²) in [6.07, 6.45) is 2.58. The third-order valence-electron chi connectivity index (χ3n) is 4.57. The maximum atomic E-state index is 10.5. The van der Waals surface area contributed by atoms with Crippen LogP contribution in [0.2, 0.25) is 0 Å². The van der Waals surface area contributed by atoms with Crippen molar-refractivity contribution in [1.82, 2.24) is 14.5 Å². The van der Waals surface area contributed by atoms with E-state index in [2.05, 4.69) is 9.97 Å². The first-order valence-corrected chi connectivity index (χ1v) is 7.48. The van der Waals surface area contributed by atoms with Gasteiger partial charge in [-0.15, -0.1) is 0 Å². The van der Waals surface area contributed by atoms with Crippen LogP contribution in [0.4, 0.5) is 5.82 Å². The van der Waals surface area contributed by atoms with Crippen LogP contribution in [0.5, 0.6) is 0 Å². The van der Waals surface area contributed by atoms with E-state index in [0.29, 0.717) is 23.7 Å². The number of anilines is 1. The second-order valence-electron chi connectivity index (χ2n) is 6.06. The summed E-state index contributed by atoms with van der Waals surface area (Å²) in [5.74, 6) is 0.864. The molecule has 0 amide bonds. The summed E-state index contributed by atoms with van der Waals surface area (Å²) in [7, 11) is 0. The number of hydrogen-bond acceptors (Lipinski definition) is 5. The monoisotopic (exact) mass is 298 g/mol. The third-order valence-corrected chi connectivity index (χ3v) is 4.57. The highest BCUT2D eigenvalue weighted by Gasteiger charge is 2.36. The Morgan fingerprint density at radius 1 is 1.23 bits per heavy atom. The molecule has 6 nitrogen and oxygen atoms in total. The van der Waals surface area contributed by atoms with Gasteiger partial charge in [-0.25, -0.2) is 9.97 Å². The number of nitrogen functional groups attached to an aromatic ring is 1. The molecule has 4 N–H and O–H groups in total. The van der Waals surface area contributed by atoms with Crippen molar-refractivity contribution >= 4 is 27.8 Å². The first-order valence-electron chi connectivity index (χ1n) is 7.48. The van der Waals surface area contributed by atoms with Crippen LogP contribution in [-0.2, 0) is 13.2 Å². The Balaban J connectivity index is 2.03. The molecule has 1 aliphatic carbocycles. The van der Waals surface area contributed by atoms with Crippen LogP contribution in [0, 0.1) is 0 Å². The summed E-state index contributed by atoms with van der Waals surface area (Å²) in [5, 5.41) is 21.1. The number of aliphatic hydroxyl groups excluding tert-OH is 1. The molecule has 0 aliphatic heterocycles. The van der Waals surface area contributed by atoms with Crippen LogP contribution in [-0.4, -0.2) is 30.3 Å². The first kappa shape index (κ1) is 13.5. The molecule has 0 radical (unpaired) electrons.